The second-order valence-electron chi connectivity index (χ2n) is 8.09. The van der Waals surface area contributed by atoms with E-state index in [9.17, 15) is 9.59 Å². The van der Waals surface area contributed by atoms with Crippen molar-refractivity contribution in [2.24, 2.45) is 0 Å². The van der Waals surface area contributed by atoms with Crippen molar-refractivity contribution in [1.82, 2.24) is 4.57 Å². The van der Waals surface area contributed by atoms with Gasteiger partial charge in [0.15, 0.2) is 11.3 Å². The standard InChI is InChI=1S/C23H26N2O5/c1-15-20(26)12-22(30-14-18-13-28-9-10-29-18)25-8-6-16-11-17(4-5-19(16)23(15)25)24-7-2-3-21(24)27/h4-5,11-12,18H,2-3,6-10,13-14H2,1H3. The summed E-state index contributed by atoms with van der Waals surface area (Å²) >= 11 is 0. The van der Waals surface area contributed by atoms with Crippen LogP contribution in [0.15, 0.2) is 29.1 Å². The van der Waals surface area contributed by atoms with Crippen molar-refractivity contribution in [1.29, 1.82) is 0 Å². The Morgan fingerprint density at radius 3 is 2.80 bits per heavy atom. The van der Waals surface area contributed by atoms with Crippen molar-refractivity contribution < 1.29 is 19.0 Å². The van der Waals surface area contributed by atoms with Gasteiger partial charge in [-0.15, -0.1) is 0 Å². The Morgan fingerprint density at radius 2 is 2.03 bits per heavy atom. The fraction of sp³-hybridized carbons (Fsp3) is 0.478. The van der Waals surface area contributed by atoms with E-state index >= 15 is 0 Å². The van der Waals surface area contributed by atoms with Crippen molar-refractivity contribution >= 4 is 11.6 Å². The zero-order valence-corrected chi connectivity index (χ0v) is 17.2. The van der Waals surface area contributed by atoms with Crippen LogP contribution in [0.1, 0.15) is 24.0 Å². The van der Waals surface area contributed by atoms with Gasteiger partial charge in [0, 0.05) is 42.4 Å². The van der Waals surface area contributed by atoms with Crippen LogP contribution >= 0.6 is 0 Å². The molecule has 0 spiro atoms. The number of fused-ring (bicyclic) bond motifs is 3. The van der Waals surface area contributed by atoms with Gasteiger partial charge in [0.2, 0.25) is 5.91 Å². The fourth-order valence-electron chi connectivity index (χ4n) is 4.57. The molecule has 0 aliphatic carbocycles. The van der Waals surface area contributed by atoms with Gasteiger partial charge in [0.1, 0.15) is 12.7 Å². The van der Waals surface area contributed by atoms with Crippen molar-refractivity contribution in [2.45, 2.75) is 38.8 Å². The lowest BCUT2D eigenvalue weighted by Gasteiger charge is -2.29. The number of aromatic nitrogens is 1. The summed E-state index contributed by atoms with van der Waals surface area (Å²) in [6.07, 6.45) is 2.22. The zero-order valence-electron chi connectivity index (χ0n) is 17.2. The number of hydrogen-bond acceptors (Lipinski definition) is 5. The molecule has 1 aromatic carbocycles. The number of carbonyl (C=O) groups is 1. The Bertz CT molecular complexity index is 1040. The number of carbonyl (C=O) groups excluding carboxylic acids is 1. The molecule has 158 valence electrons. The van der Waals surface area contributed by atoms with E-state index < -0.39 is 0 Å². The molecule has 0 saturated carbocycles. The lowest BCUT2D eigenvalue weighted by atomic mass is 9.94. The van der Waals surface area contributed by atoms with E-state index in [0.717, 1.165) is 48.4 Å². The number of amides is 1. The number of nitrogens with zero attached hydrogens (tertiary/aromatic N) is 2. The summed E-state index contributed by atoms with van der Waals surface area (Å²) in [4.78, 5) is 26.7. The predicted molar refractivity (Wildman–Crippen MR) is 112 cm³/mol. The molecule has 1 amide bonds. The number of aryl methyl sites for hydroxylation is 1. The topological polar surface area (TPSA) is 70.0 Å². The minimum atomic E-state index is -0.122. The Hall–Kier alpha value is -2.64. The first kappa shape index (κ1) is 19.3. The number of ether oxygens (including phenoxy) is 3. The molecule has 0 radical (unpaired) electrons. The number of hydrogen-bond donors (Lipinski definition) is 0. The lowest BCUT2D eigenvalue weighted by molar-refractivity contribution is -0.117. The fourth-order valence-corrected chi connectivity index (χ4v) is 4.57. The molecule has 1 unspecified atom stereocenters. The predicted octanol–water partition coefficient (Wildman–Crippen LogP) is 2.30. The third-order valence-corrected chi connectivity index (χ3v) is 6.15. The highest BCUT2D eigenvalue weighted by molar-refractivity contribution is 5.95. The van der Waals surface area contributed by atoms with Gasteiger partial charge in [-0.25, -0.2) is 0 Å². The van der Waals surface area contributed by atoms with E-state index in [1.807, 2.05) is 24.0 Å². The first-order valence-electron chi connectivity index (χ1n) is 10.6. The van der Waals surface area contributed by atoms with Gasteiger partial charge in [-0.1, -0.05) is 6.07 Å². The van der Waals surface area contributed by atoms with E-state index in [2.05, 4.69) is 10.6 Å². The molecule has 2 aromatic rings. The van der Waals surface area contributed by atoms with Gasteiger partial charge < -0.3 is 23.7 Å². The maximum absolute atomic E-state index is 12.7. The molecule has 7 nitrogen and oxygen atoms in total. The van der Waals surface area contributed by atoms with Crippen LogP contribution in [-0.2, 0) is 27.2 Å². The van der Waals surface area contributed by atoms with Gasteiger partial charge in [-0.05, 0) is 37.5 Å². The SMILES string of the molecule is Cc1c2n(c(OCC3COCCO3)cc1=O)CCc1cc(N3CCCC3=O)ccc1-2. The summed E-state index contributed by atoms with van der Waals surface area (Å²) < 4.78 is 19.2. The highest BCUT2D eigenvalue weighted by Crippen LogP contribution is 2.36. The Morgan fingerprint density at radius 1 is 1.13 bits per heavy atom. The van der Waals surface area contributed by atoms with Gasteiger partial charge in [0.05, 0.1) is 25.5 Å². The van der Waals surface area contributed by atoms with E-state index in [-0.39, 0.29) is 17.4 Å². The molecule has 30 heavy (non-hydrogen) atoms. The van der Waals surface area contributed by atoms with E-state index in [1.54, 1.807) is 6.07 Å². The summed E-state index contributed by atoms with van der Waals surface area (Å²) in [5, 5.41) is 0. The Labute approximate surface area is 175 Å². The normalized spacial score (nSPS) is 20.8. The highest BCUT2D eigenvalue weighted by atomic mass is 16.6. The summed E-state index contributed by atoms with van der Waals surface area (Å²) in [5.41, 5.74) is 4.73. The molecule has 3 aliphatic heterocycles. The molecule has 1 aromatic heterocycles. The molecule has 2 saturated heterocycles. The van der Waals surface area contributed by atoms with Crippen LogP contribution in [-0.4, -0.2) is 49.6 Å². The monoisotopic (exact) mass is 410 g/mol. The van der Waals surface area contributed by atoms with Crippen molar-refractivity contribution in [3.05, 3.63) is 45.6 Å². The van der Waals surface area contributed by atoms with E-state index in [4.69, 9.17) is 14.2 Å². The third-order valence-electron chi connectivity index (χ3n) is 6.15. The van der Waals surface area contributed by atoms with Gasteiger partial charge in [-0.2, -0.15) is 0 Å². The molecule has 0 N–H and O–H groups in total. The Balaban J connectivity index is 1.48. The largest absolute Gasteiger partial charge is 0.476 e. The molecule has 0 bridgehead atoms. The minimum Gasteiger partial charge on any atom is -0.476 e. The summed E-state index contributed by atoms with van der Waals surface area (Å²) in [5.74, 6) is 0.752. The number of pyridine rings is 1. The smallest absolute Gasteiger partial charge is 0.227 e. The van der Waals surface area contributed by atoms with E-state index in [0.29, 0.717) is 44.3 Å². The molecule has 7 heteroatoms. The van der Waals surface area contributed by atoms with Crippen LogP contribution < -0.4 is 15.1 Å². The number of anilines is 1. The second kappa shape index (κ2) is 7.89. The van der Waals surface area contributed by atoms with Crippen LogP contribution in [0.5, 0.6) is 5.88 Å². The molecule has 3 aliphatic rings. The summed E-state index contributed by atoms with van der Waals surface area (Å²) in [6, 6.07) is 7.70. The van der Waals surface area contributed by atoms with Crippen LogP contribution in [0, 0.1) is 6.92 Å². The van der Waals surface area contributed by atoms with Crippen LogP contribution in [0.3, 0.4) is 0 Å². The molecular weight excluding hydrogens is 384 g/mol. The average Bonchev–Trinajstić information content (AvgIpc) is 3.21. The molecule has 1 atom stereocenters. The van der Waals surface area contributed by atoms with E-state index in [1.165, 1.54) is 0 Å². The van der Waals surface area contributed by atoms with Gasteiger partial charge in [-0.3, -0.25) is 9.59 Å². The summed E-state index contributed by atoms with van der Waals surface area (Å²) in [6.45, 7) is 5.39. The second-order valence-corrected chi connectivity index (χ2v) is 8.09. The Kier molecular flexibility index (Phi) is 5.08. The first-order chi connectivity index (χ1) is 14.6. The third kappa shape index (κ3) is 3.42. The van der Waals surface area contributed by atoms with Crippen LogP contribution in [0.25, 0.3) is 11.3 Å². The molecule has 5 rings (SSSR count). The van der Waals surface area contributed by atoms with Crippen LogP contribution in [0.4, 0.5) is 5.69 Å². The highest BCUT2D eigenvalue weighted by Gasteiger charge is 2.26. The van der Waals surface area contributed by atoms with Crippen LogP contribution in [0.2, 0.25) is 0 Å². The van der Waals surface area contributed by atoms with Crippen molar-refractivity contribution in [2.75, 3.05) is 37.9 Å². The van der Waals surface area contributed by atoms with Crippen molar-refractivity contribution in [3.63, 3.8) is 0 Å². The maximum Gasteiger partial charge on any atom is 0.227 e. The summed E-state index contributed by atoms with van der Waals surface area (Å²) in [7, 11) is 0. The quantitative estimate of drug-likeness (QED) is 0.774. The molecule has 4 heterocycles. The van der Waals surface area contributed by atoms with Gasteiger partial charge in [0.25, 0.3) is 0 Å². The van der Waals surface area contributed by atoms with Gasteiger partial charge >= 0.3 is 0 Å². The minimum absolute atomic E-state index is 0.0382. The zero-order chi connectivity index (χ0) is 20.7. The lowest BCUT2D eigenvalue weighted by Crippen LogP contribution is -2.34. The molecule has 2 fully saturated rings. The van der Waals surface area contributed by atoms with Crippen molar-refractivity contribution in [3.8, 4) is 17.1 Å². The average molecular weight is 410 g/mol. The first-order valence-corrected chi connectivity index (χ1v) is 10.6. The number of rotatable bonds is 4. The maximum atomic E-state index is 12.7. The molecular formula is C23H26N2O5. The number of benzene rings is 1.